The lowest BCUT2D eigenvalue weighted by Gasteiger charge is -2.38. The monoisotopic (exact) mass is 383 g/mol. The van der Waals surface area contributed by atoms with Gasteiger partial charge in [-0.05, 0) is 57.6 Å². The minimum atomic E-state index is -0.432. The summed E-state index contributed by atoms with van der Waals surface area (Å²) >= 11 is 0. The maximum absolute atomic E-state index is 13.3. The van der Waals surface area contributed by atoms with Crippen LogP contribution in [0.3, 0.4) is 0 Å². The standard InChI is InChI=1S/C22H26FN3O2/c1-3-17-7-8-18(14-24)26(17)21(27)15-25-22(2)11-9-19(10-12-22)28-20-6-4-5-16(23)13-20/h1,4-6,13,17-19,25H,7-12,15H2,2H3/t17-,18-,19?,22?/m0/s1. The van der Waals surface area contributed by atoms with Gasteiger partial charge in [0.15, 0.2) is 0 Å². The molecule has 1 aromatic carbocycles. The number of hydrogen-bond donors (Lipinski definition) is 1. The fraction of sp³-hybridized carbons (Fsp3) is 0.545. The molecule has 148 valence electrons. The number of carbonyl (C=O) groups excluding carboxylic acids is 1. The van der Waals surface area contributed by atoms with Crippen molar-refractivity contribution in [2.45, 2.75) is 69.2 Å². The minimum absolute atomic E-state index is 0.0414. The number of nitriles is 1. The van der Waals surface area contributed by atoms with Crippen LogP contribution in [0.4, 0.5) is 4.39 Å². The van der Waals surface area contributed by atoms with E-state index in [0.717, 1.165) is 25.7 Å². The molecular weight excluding hydrogens is 357 g/mol. The molecule has 2 aliphatic rings. The first-order chi connectivity index (χ1) is 13.4. The SMILES string of the molecule is C#C[C@H]1CC[C@@H](C#N)N1C(=O)CNC1(C)CCC(Oc2cccc(F)c2)CC1. The molecule has 1 amide bonds. The average molecular weight is 383 g/mol. The lowest BCUT2D eigenvalue weighted by atomic mass is 9.82. The van der Waals surface area contributed by atoms with Crippen molar-refractivity contribution in [1.29, 1.82) is 5.26 Å². The molecule has 2 fully saturated rings. The number of hydrogen-bond acceptors (Lipinski definition) is 4. The molecule has 1 heterocycles. The van der Waals surface area contributed by atoms with E-state index in [9.17, 15) is 14.4 Å². The minimum Gasteiger partial charge on any atom is -0.490 e. The van der Waals surface area contributed by atoms with Crippen LogP contribution in [-0.2, 0) is 4.79 Å². The summed E-state index contributed by atoms with van der Waals surface area (Å²) in [6.45, 7) is 2.27. The Labute approximate surface area is 165 Å². The number of carbonyl (C=O) groups is 1. The normalized spacial score (nSPS) is 29.7. The van der Waals surface area contributed by atoms with Crippen molar-refractivity contribution < 1.29 is 13.9 Å². The number of nitrogens with zero attached hydrogens (tertiary/aromatic N) is 2. The summed E-state index contributed by atoms with van der Waals surface area (Å²) in [6.07, 6.45) is 10.2. The molecule has 1 saturated heterocycles. The van der Waals surface area contributed by atoms with Crippen molar-refractivity contribution in [3.8, 4) is 24.2 Å². The molecule has 0 radical (unpaired) electrons. The summed E-state index contributed by atoms with van der Waals surface area (Å²) in [5.74, 6) is 2.75. The maximum atomic E-state index is 13.3. The molecule has 5 nitrogen and oxygen atoms in total. The van der Waals surface area contributed by atoms with Crippen LogP contribution < -0.4 is 10.1 Å². The van der Waals surface area contributed by atoms with E-state index in [4.69, 9.17) is 11.2 Å². The summed E-state index contributed by atoms with van der Waals surface area (Å²) < 4.78 is 19.2. The highest BCUT2D eigenvalue weighted by molar-refractivity contribution is 5.80. The highest BCUT2D eigenvalue weighted by Crippen LogP contribution is 2.31. The van der Waals surface area contributed by atoms with E-state index in [2.05, 4.69) is 24.2 Å². The van der Waals surface area contributed by atoms with Gasteiger partial charge in [-0.15, -0.1) is 6.42 Å². The van der Waals surface area contributed by atoms with E-state index >= 15 is 0 Å². The Morgan fingerprint density at radius 1 is 1.36 bits per heavy atom. The summed E-state index contributed by atoms with van der Waals surface area (Å²) in [5.41, 5.74) is -0.176. The third-order valence-electron chi connectivity index (χ3n) is 5.82. The predicted octanol–water partition coefficient (Wildman–Crippen LogP) is 3.01. The van der Waals surface area contributed by atoms with E-state index < -0.39 is 6.04 Å². The second-order valence-electron chi connectivity index (χ2n) is 7.89. The smallest absolute Gasteiger partial charge is 0.238 e. The van der Waals surface area contributed by atoms with Gasteiger partial charge in [-0.25, -0.2) is 4.39 Å². The average Bonchev–Trinajstić information content (AvgIpc) is 3.11. The summed E-state index contributed by atoms with van der Waals surface area (Å²) in [6, 6.07) is 7.65. The molecule has 3 rings (SSSR count). The van der Waals surface area contributed by atoms with Crippen LogP contribution in [0, 0.1) is 29.5 Å². The van der Waals surface area contributed by atoms with Crippen LogP contribution in [0.25, 0.3) is 0 Å². The van der Waals surface area contributed by atoms with Gasteiger partial charge in [0.2, 0.25) is 5.91 Å². The number of ether oxygens (including phenoxy) is 1. The van der Waals surface area contributed by atoms with Crippen molar-refractivity contribution in [2.24, 2.45) is 0 Å². The fourth-order valence-corrected chi connectivity index (χ4v) is 4.09. The van der Waals surface area contributed by atoms with Crippen molar-refractivity contribution in [2.75, 3.05) is 6.54 Å². The van der Waals surface area contributed by atoms with Gasteiger partial charge in [0, 0.05) is 11.6 Å². The van der Waals surface area contributed by atoms with Gasteiger partial charge in [-0.1, -0.05) is 12.0 Å². The van der Waals surface area contributed by atoms with Crippen molar-refractivity contribution >= 4 is 5.91 Å². The molecular formula is C22H26FN3O2. The zero-order chi connectivity index (χ0) is 20.1. The third-order valence-corrected chi connectivity index (χ3v) is 5.82. The molecule has 0 unspecified atom stereocenters. The molecule has 1 aromatic rings. The molecule has 1 saturated carbocycles. The molecule has 0 bridgehead atoms. The topological polar surface area (TPSA) is 65.4 Å². The van der Waals surface area contributed by atoms with E-state index in [1.165, 1.54) is 12.1 Å². The van der Waals surface area contributed by atoms with Crippen LogP contribution in [0.5, 0.6) is 5.75 Å². The fourth-order valence-electron chi connectivity index (χ4n) is 4.09. The zero-order valence-corrected chi connectivity index (χ0v) is 16.2. The molecule has 0 spiro atoms. The summed E-state index contributed by atoms with van der Waals surface area (Å²) in [4.78, 5) is 14.2. The number of benzene rings is 1. The molecule has 1 aliphatic heterocycles. The third kappa shape index (κ3) is 4.64. The first-order valence-electron chi connectivity index (χ1n) is 9.78. The van der Waals surface area contributed by atoms with Crippen LogP contribution in [0.1, 0.15) is 45.4 Å². The number of terminal acetylenes is 1. The quantitative estimate of drug-likeness (QED) is 0.794. The van der Waals surface area contributed by atoms with Crippen LogP contribution in [-0.4, -0.2) is 41.1 Å². The van der Waals surface area contributed by atoms with Gasteiger partial charge in [-0.3, -0.25) is 4.79 Å². The first kappa shape index (κ1) is 20.2. The first-order valence-corrected chi connectivity index (χ1v) is 9.78. The molecule has 0 aromatic heterocycles. The lowest BCUT2D eigenvalue weighted by Crippen LogP contribution is -2.52. The predicted molar refractivity (Wildman–Crippen MR) is 104 cm³/mol. The maximum Gasteiger partial charge on any atom is 0.238 e. The number of amides is 1. The Hall–Kier alpha value is -2.57. The molecule has 2 atom stereocenters. The highest BCUT2D eigenvalue weighted by atomic mass is 19.1. The van der Waals surface area contributed by atoms with Gasteiger partial charge in [0.1, 0.15) is 17.6 Å². The number of halogens is 1. The van der Waals surface area contributed by atoms with Gasteiger partial charge in [0.05, 0.1) is 24.8 Å². The van der Waals surface area contributed by atoms with Gasteiger partial charge >= 0.3 is 0 Å². The summed E-state index contributed by atoms with van der Waals surface area (Å²) in [5, 5.41) is 12.6. The van der Waals surface area contributed by atoms with Crippen LogP contribution in [0.2, 0.25) is 0 Å². The summed E-state index contributed by atoms with van der Waals surface area (Å²) in [7, 11) is 0. The Balaban J connectivity index is 1.50. The Morgan fingerprint density at radius 3 is 2.71 bits per heavy atom. The van der Waals surface area contributed by atoms with E-state index in [1.54, 1.807) is 17.0 Å². The molecule has 1 N–H and O–H groups in total. The van der Waals surface area contributed by atoms with Crippen molar-refractivity contribution in [3.05, 3.63) is 30.1 Å². The Bertz CT molecular complexity index is 768. The van der Waals surface area contributed by atoms with Crippen molar-refractivity contribution in [1.82, 2.24) is 10.2 Å². The van der Waals surface area contributed by atoms with E-state index in [0.29, 0.717) is 18.6 Å². The number of nitrogens with one attached hydrogen (secondary N) is 1. The zero-order valence-electron chi connectivity index (χ0n) is 16.2. The highest BCUT2D eigenvalue weighted by Gasteiger charge is 2.37. The van der Waals surface area contributed by atoms with Crippen molar-refractivity contribution in [3.63, 3.8) is 0 Å². The number of likely N-dealkylation sites (tertiary alicyclic amines) is 1. The Kier molecular flexibility index (Phi) is 6.21. The second kappa shape index (κ2) is 8.63. The lowest BCUT2D eigenvalue weighted by molar-refractivity contribution is -0.131. The van der Waals surface area contributed by atoms with Gasteiger partial charge in [-0.2, -0.15) is 5.26 Å². The van der Waals surface area contributed by atoms with E-state index in [1.807, 2.05) is 0 Å². The Morgan fingerprint density at radius 2 is 2.07 bits per heavy atom. The van der Waals surface area contributed by atoms with Crippen LogP contribution >= 0.6 is 0 Å². The van der Waals surface area contributed by atoms with Gasteiger partial charge < -0.3 is 15.0 Å². The van der Waals surface area contributed by atoms with E-state index in [-0.39, 0.29) is 36.0 Å². The van der Waals surface area contributed by atoms with Gasteiger partial charge in [0.25, 0.3) is 0 Å². The number of rotatable bonds is 5. The molecule has 6 heteroatoms. The molecule has 1 aliphatic carbocycles. The molecule has 28 heavy (non-hydrogen) atoms. The van der Waals surface area contributed by atoms with Crippen LogP contribution in [0.15, 0.2) is 24.3 Å². The second-order valence-corrected chi connectivity index (χ2v) is 7.89. The largest absolute Gasteiger partial charge is 0.490 e.